The van der Waals surface area contributed by atoms with Gasteiger partial charge in [-0.3, -0.25) is 4.79 Å². The predicted octanol–water partition coefficient (Wildman–Crippen LogP) is 3.73. The van der Waals surface area contributed by atoms with E-state index in [2.05, 4.69) is 12.2 Å². The standard InChI is InChI=1S/C16H22ClNO2S/c1-2-21-15-7-6-12(17)9-14(15)16(20)18-10-11-4-3-5-13(19)8-11/h6-7,9,11,13,19H,2-5,8,10H2,1H3,(H,18,20). The van der Waals surface area contributed by atoms with E-state index < -0.39 is 0 Å². The maximum absolute atomic E-state index is 12.4. The summed E-state index contributed by atoms with van der Waals surface area (Å²) in [7, 11) is 0. The fourth-order valence-corrected chi connectivity index (χ4v) is 3.70. The third kappa shape index (κ3) is 4.90. The Bertz CT molecular complexity index is 495. The number of carbonyl (C=O) groups is 1. The first-order chi connectivity index (χ1) is 10.1. The van der Waals surface area contributed by atoms with Crippen molar-refractivity contribution in [3.05, 3.63) is 28.8 Å². The summed E-state index contributed by atoms with van der Waals surface area (Å²) in [6.07, 6.45) is 3.57. The zero-order valence-corrected chi connectivity index (χ0v) is 13.8. The zero-order chi connectivity index (χ0) is 15.2. The molecule has 1 fully saturated rings. The summed E-state index contributed by atoms with van der Waals surface area (Å²) in [5.74, 6) is 1.21. The van der Waals surface area contributed by atoms with Crippen molar-refractivity contribution in [1.82, 2.24) is 5.32 Å². The van der Waals surface area contributed by atoms with Gasteiger partial charge in [-0.25, -0.2) is 0 Å². The number of aliphatic hydroxyl groups excluding tert-OH is 1. The minimum absolute atomic E-state index is 0.0755. The SMILES string of the molecule is CCSc1ccc(Cl)cc1C(=O)NCC1CCCC(O)C1. The van der Waals surface area contributed by atoms with Gasteiger partial charge >= 0.3 is 0 Å². The Labute approximate surface area is 135 Å². The van der Waals surface area contributed by atoms with Crippen LogP contribution >= 0.6 is 23.4 Å². The summed E-state index contributed by atoms with van der Waals surface area (Å²) in [6.45, 7) is 2.68. The lowest BCUT2D eigenvalue weighted by Gasteiger charge is -2.26. The van der Waals surface area contributed by atoms with Crippen LogP contribution in [0.5, 0.6) is 0 Å². The van der Waals surface area contributed by atoms with E-state index in [-0.39, 0.29) is 12.0 Å². The lowest BCUT2D eigenvalue weighted by atomic mass is 9.87. The minimum Gasteiger partial charge on any atom is -0.393 e. The molecule has 0 bridgehead atoms. The van der Waals surface area contributed by atoms with Crippen molar-refractivity contribution in [3.63, 3.8) is 0 Å². The van der Waals surface area contributed by atoms with Crippen molar-refractivity contribution in [1.29, 1.82) is 0 Å². The Hall–Kier alpha value is -0.710. The zero-order valence-electron chi connectivity index (χ0n) is 12.3. The topological polar surface area (TPSA) is 49.3 Å². The first-order valence-corrected chi connectivity index (χ1v) is 8.85. The van der Waals surface area contributed by atoms with Gasteiger partial charge in [0.2, 0.25) is 0 Å². The molecular formula is C16H22ClNO2S. The van der Waals surface area contributed by atoms with Gasteiger partial charge in [0.1, 0.15) is 0 Å². The summed E-state index contributed by atoms with van der Waals surface area (Å²) >= 11 is 7.65. The Morgan fingerprint density at radius 3 is 3.00 bits per heavy atom. The molecule has 0 spiro atoms. The molecule has 0 radical (unpaired) electrons. The molecule has 1 aromatic carbocycles. The van der Waals surface area contributed by atoms with Gasteiger partial charge in [0.25, 0.3) is 5.91 Å². The Kier molecular flexibility index (Phi) is 6.40. The smallest absolute Gasteiger partial charge is 0.252 e. The summed E-state index contributed by atoms with van der Waals surface area (Å²) < 4.78 is 0. The second-order valence-corrected chi connectivity index (χ2v) is 7.21. The molecule has 1 saturated carbocycles. The van der Waals surface area contributed by atoms with E-state index >= 15 is 0 Å². The third-order valence-electron chi connectivity index (χ3n) is 3.79. The highest BCUT2D eigenvalue weighted by molar-refractivity contribution is 7.99. The van der Waals surface area contributed by atoms with Crippen LogP contribution in [0.1, 0.15) is 43.0 Å². The van der Waals surface area contributed by atoms with E-state index in [0.717, 1.165) is 36.3 Å². The van der Waals surface area contributed by atoms with Gasteiger partial charge in [-0.1, -0.05) is 24.9 Å². The summed E-state index contributed by atoms with van der Waals surface area (Å²) in [5, 5.41) is 13.2. The Morgan fingerprint density at radius 1 is 1.48 bits per heavy atom. The fraction of sp³-hybridized carbons (Fsp3) is 0.562. The fourth-order valence-electron chi connectivity index (χ4n) is 2.74. The maximum Gasteiger partial charge on any atom is 0.252 e. The van der Waals surface area contributed by atoms with E-state index in [4.69, 9.17) is 11.6 Å². The van der Waals surface area contributed by atoms with Gasteiger partial charge < -0.3 is 10.4 Å². The highest BCUT2D eigenvalue weighted by Crippen LogP contribution is 2.26. The van der Waals surface area contributed by atoms with Gasteiger partial charge in [-0.15, -0.1) is 11.8 Å². The number of nitrogens with one attached hydrogen (secondary N) is 1. The number of thioether (sulfide) groups is 1. The number of hydrogen-bond donors (Lipinski definition) is 2. The number of halogens is 1. The van der Waals surface area contributed by atoms with Gasteiger partial charge in [-0.05, 0) is 49.1 Å². The molecule has 21 heavy (non-hydrogen) atoms. The van der Waals surface area contributed by atoms with E-state index in [0.29, 0.717) is 23.0 Å². The van der Waals surface area contributed by atoms with Crippen LogP contribution < -0.4 is 5.32 Å². The normalized spacial score (nSPS) is 22.0. The van der Waals surface area contributed by atoms with Gasteiger partial charge in [0.05, 0.1) is 11.7 Å². The van der Waals surface area contributed by atoms with Crippen LogP contribution in [0.25, 0.3) is 0 Å². The Balaban J connectivity index is 1.97. The summed E-state index contributed by atoms with van der Waals surface area (Å²) in [4.78, 5) is 13.3. The highest BCUT2D eigenvalue weighted by atomic mass is 35.5. The van der Waals surface area contributed by atoms with Crippen LogP contribution in [0.4, 0.5) is 0 Å². The lowest BCUT2D eigenvalue weighted by molar-refractivity contribution is 0.0871. The summed E-state index contributed by atoms with van der Waals surface area (Å²) in [5.41, 5.74) is 0.644. The average molecular weight is 328 g/mol. The third-order valence-corrected chi connectivity index (χ3v) is 4.98. The monoisotopic (exact) mass is 327 g/mol. The largest absolute Gasteiger partial charge is 0.393 e. The predicted molar refractivity (Wildman–Crippen MR) is 88.1 cm³/mol. The first-order valence-electron chi connectivity index (χ1n) is 7.48. The second kappa shape index (κ2) is 8.06. The second-order valence-electron chi connectivity index (χ2n) is 5.47. The molecule has 3 nitrogen and oxygen atoms in total. The van der Waals surface area contributed by atoms with Crippen LogP contribution in [0.2, 0.25) is 5.02 Å². The number of aliphatic hydroxyl groups is 1. The molecule has 0 saturated heterocycles. The number of amides is 1. The number of carbonyl (C=O) groups excluding carboxylic acids is 1. The summed E-state index contributed by atoms with van der Waals surface area (Å²) in [6, 6.07) is 5.44. The van der Waals surface area contributed by atoms with Crippen molar-refractivity contribution in [3.8, 4) is 0 Å². The number of benzene rings is 1. The molecule has 1 aliphatic rings. The van der Waals surface area contributed by atoms with Crippen LogP contribution in [0, 0.1) is 5.92 Å². The van der Waals surface area contributed by atoms with Gasteiger partial charge in [-0.2, -0.15) is 0 Å². The van der Waals surface area contributed by atoms with Crippen LogP contribution in [0.15, 0.2) is 23.1 Å². The maximum atomic E-state index is 12.4. The van der Waals surface area contributed by atoms with Crippen LogP contribution in [0.3, 0.4) is 0 Å². The van der Waals surface area contributed by atoms with Crippen molar-refractivity contribution >= 4 is 29.3 Å². The van der Waals surface area contributed by atoms with Crippen molar-refractivity contribution in [2.45, 2.75) is 43.6 Å². The quantitative estimate of drug-likeness (QED) is 0.810. The Morgan fingerprint density at radius 2 is 2.29 bits per heavy atom. The van der Waals surface area contributed by atoms with Crippen molar-refractivity contribution in [2.24, 2.45) is 5.92 Å². The highest BCUT2D eigenvalue weighted by Gasteiger charge is 2.21. The van der Waals surface area contributed by atoms with Crippen molar-refractivity contribution in [2.75, 3.05) is 12.3 Å². The van der Waals surface area contributed by atoms with E-state index in [9.17, 15) is 9.90 Å². The molecule has 2 N–H and O–H groups in total. The van der Waals surface area contributed by atoms with Crippen LogP contribution in [-0.2, 0) is 0 Å². The molecule has 0 heterocycles. The van der Waals surface area contributed by atoms with Crippen molar-refractivity contribution < 1.29 is 9.90 Å². The van der Waals surface area contributed by atoms with Crippen LogP contribution in [-0.4, -0.2) is 29.4 Å². The first kappa shape index (κ1) is 16.7. The average Bonchev–Trinajstić information content (AvgIpc) is 2.47. The lowest BCUT2D eigenvalue weighted by Crippen LogP contribution is -2.33. The van der Waals surface area contributed by atoms with E-state index in [1.807, 2.05) is 12.1 Å². The van der Waals surface area contributed by atoms with E-state index in [1.165, 1.54) is 0 Å². The molecule has 1 amide bonds. The number of hydrogen-bond acceptors (Lipinski definition) is 3. The van der Waals surface area contributed by atoms with Gasteiger partial charge in [0.15, 0.2) is 0 Å². The number of rotatable bonds is 5. The molecule has 0 aromatic heterocycles. The molecular weight excluding hydrogens is 306 g/mol. The molecule has 1 aromatic rings. The molecule has 0 aliphatic heterocycles. The molecule has 2 atom stereocenters. The molecule has 2 rings (SSSR count). The van der Waals surface area contributed by atoms with E-state index in [1.54, 1.807) is 17.8 Å². The molecule has 5 heteroatoms. The molecule has 116 valence electrons. The minimum atomic E-state index is -0.210. The van der Waals surface area contributed by atoms with Gasteiger partial charge in [0, 0.05) is 16.5 Å². The molecule has 1 aliphatic carbocycles. The molecule has 2 unspecified atom stereocenters.